The van der Waals surface area contributed by atoms with Gasteiger partial charge >= 0.3 is 0 Å². The fraction of sp³-hybridized carbons (Fsp3) is 0.263. The number of amides is 1. The lowest BCUT2D eigenvalue weighted by Crippen LogP contribution is -2.33. The summed E-state index contributed by atoms with van der Waals surface area (Å²) in [5, 5.41) is 9.79. The smallest absolute Gasteiger partial charge is 0.270 e. The van der Waals surface area contributed by atoms with E-state index >= 15 is 0 Å². The maximum atomic E-state index is 12.4. The number of nitrogens with one attached hydrogen (secondary N) is 1. The number of thiazole rings is 1. The molecule has 6 heteroatoms. The van der Waals surface area contributed by atoms with Crippen molar-refractivity contribution in [3.8, 4) is 16.3 Å². The van der Waals surface area contributed by atoms with E-state index in [1.54, 1.807) is 18.4 Å². The average molecular weight is 373 g/mol. The number of hydrogen-bond donors (Lipinski definition) is 1. The Balaban J connectivity index is 1.51. The quantitative estimate of drug-likeness (QED) is 0.658. The fourth-order valence-corrected chi connectivity index (χ4v) is 3.95. The molecular weight excluding hydrogens is 352 g/mol. The molecule has 3 aromatic rings. The van der Waals surface area contributed by atoms with Crippen molar-refractivity contribution >= 4 is 28.6 Å². The highest BCUT2D eigenvalue weighted by atomic mass is 32.1. The van der Waals surface area contributed by atoms with Gasteiger partial charge < -0.3 is 10.1 Å². The number of rotatable bonds is 7. The second kappa shape index (κ2) is 8.27. The van der Waals surface area contributed by atoms with E-state index in [2.05, 4.69) is 22.4 Å². The topological polar surface area (TPSA) is 51.2 Å². The largest absolute Gasteiger partial charge is 0.497 e. The van der Waals surface area contributed by atoms with Crippen LogP contribution >= 0.6 is 22.7 Å². The minimum Gasteiger partial charge on any atom is -0.497 e. The first-order valence-electron chi connectivity index (χ1n) is 8.07. The SMILES string of the molecule is COc1ccc(CCC(C)NC(=O)c2csc(-c3ccsc3)n2)cc1. The van der Waals surface area contributed by atoms with Gasteiger partial charge in [-0.1, -0.05) is 12.1 Å². The van der Waals surface area contributed by atoms with Crippen molar-refractivity contribution in [1.29, 1.82) is 0 Å². The van der Waals surface area contributed by atoms with Crippen molar-refractivity contribution in [3.63, 3.8) is 0 Å². The van der Waals surface area contributed by atoms with Gasteiger partial charge in [-0.15, -0.1) is 11.3 Å². The van der Waals surface area contributed by atoms with Crippen LogP contribution < -0.4 is 10.1 Å². The molecule has 2 heterocycles. The Hall–Kier alpha value is -2.18. The molecule has 1 amide bonds. The van der Waals surface area contributed by atoms with E-state index in [1.807, 2.05) is 41.3 Å². The standard InChI is InChI=1S/C19H20N2O2S2/c1-13(3-4-14-5-7-16(23-2)8-6-14)20-18(22)17-12-25-19(21-17)15-9-10-24-11-15/h5-13H,3-4H2,1-2H3,(H,20,22). The fourth-order valence-electron chi connectivity index (χ4n) is 2.44. The first kappa shape index (κ1) is 17.6. The first-order valence-corrected chi connectivity index (χ1v) is 9.90. The molecular formula is C19H20N2O2S2. The van der Waals surface area contributed by atoms with Crippen LogP contribution in [0.1, 0.15) is 29.4 Å². The minimum absolute atomic E-state index is 0.0842. The summed E-state index contributed by atoms with van der Waals surface area (Å²) < 4.78 is 5.16. The molecule has 1 N–H and O–H groups in total. The van der Waals surface area contributed by atoms with Crippen LogP contribution in [0, 0.1) is 0 Å². The molecule has 1 aromatic carbocycles. The number of nitrogens with zero attached hydrogens (tertiary/aromatic N) is 1. The lowest BCUT2D eigenvalue weighted by Gasteiger charge is -2.13. The first-order chi connectivity index (χ1) is 12.2. The Morgan fingerprint density at radius 1 is 1.24 bits per heavy atom. The maximum Gasteiger partial charge on any atom is 0.270 e. The molecule has 130 valence electrons. The summed E-state index contributed by atoms with van der Waals surface area (Å²) in [7, 11) is 1.66. The molecule has 0 saturated heterocycles. The van der Waals surface area contributed by atoms with Crippen molar-refractivity contribution < 1.29 is 9.53 Å². The molecule has 4 nitrogen and oxygen atoms in total. The number of carbonyl (C=O) groups is 1. The maximum absolute atomic E-state index is 12.4. The van der Waals surface area contributed by atoms with Crippen LogP contribution in [0.2, 0.25) is 0 Å². The highest BCUT2D eigenvalue weighted by Gasteiger charge is 2.14. The molecule has 3 rings (SSSR count). The van der Waals surface area contributed by atoms with Gasteiger partial charge in [-0.05, 0) is 48.9 Å². The highest BCUT2D eigenvalue weighted by molar-refractivity contribution is 7.14. The number of aromatic nitrogens is 1. The number of hydrogen-bond acceptors (Lipinski definition) is 5. The van der Waals surface area contributed by atoms with Crippen LogP contribution in [0.5, 0.6) is 5.75 Å². The van der Waals surface area contributed by atoms with Crippen molar-refractivity contribution in [2.75, 3.05) is 7.11 Å². The van der Waals surface area contributed by atoms with E-state index in [1.165, 1.54) is 16.9 Å². The van der Waals surface area contributed by atoms with Crippen LogP contribution in [0.25, 0.3) is 10.6 Å². The lowest BCUT2D eigenvalue weighted by molar-refractivity contribution is 0.0934. The molecule has 2 aromatic heterocycles. The summed E-state index contributed by atoms with van der Waals surface area (Å²) in [6, 6.07) is 10.1. The molecule has 0 aliphatic heterocycles. The second-order valence-electron chi connectivity index (χ2n) is 5.81. The van der Waals surface area contributed by atoms with E-state index in [4.69, 9.17) is 4.74 Å². The summed E-state index contributed by atoms with van der Waals surface area (Å²) in [4.78, 5) is 16.8. The number of carbonyl (C=O) groups excluding carboxylic acids is 1. The number of aryl methyl sites for hydroxylation is 1. The van der Waals surface area contributed by atoms with Crippen molar-refractivity contribution in [1.82, 2.24) is 10.3 Å². The van der Waals surface area contributed by atoms with Gasteiger partial charge in [0.1, 0.15) is 16.5 Å². The van der Waals surface area contributed by atoms with Gasteiger partial charge in [0, 0.05) is 22.4 Å². The Labute approximate surface area is 155 Å². The van der Waals surface area contributed by atoms with E-state index in [0.29, 0.717) is 5.69 Å². The van der Waals surface area contributed by atoms with Crippen molar-refractivity contribution in [2.24, 2.45) is 0 Å². The molecule has 0 bridgehead atoms. The minimum atomic E-state index is -0.111. The van der Waals surface area contributed by atoms with Crippen LogP contribution in [-0.4, -0.2) is 24.0 Å². The third-order valence-corrected chi connectivity index (χ3v) is 5.48. The van der Waals surface area contributed by atoms with Crippen LogP contribution in [0.3, 0.4) is 0 Å². The predicted molar refractivity (Wildman–Crippen MR) is 104 cm³/mol. The molecule has 25 heavy (non-hydrogen) atoms. The Morgan fingerprint density at radius 3 is 2.72 bits per heavy atom. The third kappa shape index (κ3) is 4.67. The van der Waals surface area contributed by atoms with Gasteiger partial charge in [-0.3, -0.25) is 4.79 Å². The van der Waals surface area contributed by atoms with Crippen LogP contribution in [-0.2, 0) is 6.42 Å². The zero-order valence-electron chi connectivity index (χ0n) is 14.2. The molecule has 0 saturated carbocycles. The second-order valence-corrected chi connectivity index (χ2v) is 7.45. The van der Waals surface area contributed by atoms with E-state index in [9.17, 15) is 4.79 Å². The molecule has 0 spiro atoms. The van der Waals surface area contributed by atoms with Gasteiger partial charge in [0.15, 0.2) is 0 Å². The monoisotopic (exact) mass is 372 g/mol. The number of methoxy groups -OCH3 is 1. The van der Waals surface area contributed by atoms with E-state index in [-0.39, 0.29) is 11.9 Å². The molecule has 0 aliphatic rings. The Morgan fingerprint density at radius 2 is 2.04 bits per heavy atom. The van der Waals surface area contributed by atoms with Crippen molar-refractivity contribution in [2.45, 2.75) is 25.8 Å². The van der Waals surface area contributed by atoms with Gasteiger partial charge in [0.05, 0.1) is 7.11 Å². The summed E-state index contributed by atoms with van der Waals surface area (Å²) >= 11 is 3.13. The van der Waals surface area contributed by atoms with E-state index in [0.717, 1.165) is 29.2 Å². The zero-order chi connectivity index (χ0) is 17.6. The number of ether oxygens (including phenoxy) is 1. The van der Waals surface area contributed by atoms with Crippen molar-refractivity contribution in [3.05, 3.63) is 57.7 Å². The summed E-state index contributed by atoms with van der Waals surface area (Å²) in [5.41, 5.74) is 2.79. The number of thiophene rings is 1. The summed E-state index contributed by atoms with van der Waals surface area (Å²) in [6.45, 7) is 2.02. The van der Waals surface area contributed by atoms with Gasteiger partial charge in [-0.25, -0.2) is 4.98 Å². The molecule has 1 atom stereocenters. The Kier molecular flexibility index (Phi) is 5.83. The normalized spacial score (nSPS) is 11.9. The summed E-state index contributed by atoms with van der Waals surface area (Å²) in [5.74, 6) is 0.745. The molecule has 0 radical (unpaired) electrons. The predicted octanol–water partition coefficient (Wildman–Crippen LogP) is 4.63. The van der Waals surface area contributed by atoms with E-state index < -0.39 is 0 Å². The molecule has 1 unspecified atom stereocenters. The molecule has 0 aliphatic carbocycles. The van der Waals surface area contributed by atoms with Gasteiger partial charge in [0.2, 0.25) is 0 Å². The lowest BCUT2D eigenvalue weighted by atomic mass is 10.1. The van der Waals surface area contributed by atoms with Gasteiger partial charge in [0.25, 0.3) is 5.91 Å². The zero-order valence-corrected chi connectivity index (χ0v) is 15.8. The average Bonchev–Trinajstić information content (AvgIpc) is 3.31. The highest BCUT2D eigenvalue weighted by Crippen LogP contribution is 2.25. The van der Waals surface area contributed by atoms with Crippen LogP contribution in [0.4, 0.5) is 0 Å². The van der Waals surface area contributed by atoms with Gasteiger partial charge in [-0.2, -0.15) is 11.3 Å². The third-order valence-electron chi connectivity index (χ3n) is 3.91. The molecule has 0 fully saturated rings. The Bertz CT molecular complexity index is 810. The van der Waals surface area contributed by atoms with Crippen LogP contribution in [0.15, 0.2) is 46.5 Å². The number of benzene rings is 1. The summed E-state index contributed by atoms with van der Waals surface area (Å²) in [6.07, 6.45) is 1.78.